The van der Waals surface area contributed by atoms with Crippen molar-refractivity contribution in [3.63, 3.8) is 0 Å². The molecule has 0 saturated carbocycles. The summed E-state index contributed by atoms with van der Waals surface area (Å²) in [4.78, 5) is 23.2. The summed E-state index contributed by atoms with van der Waals surface area (Å²) in [7, 11) is 1.58. The van der Waals surface area contributed by atoms with Crippen molar-refractivity contribution in [2.45, 2.75) is 6.42 Å². The molecule has 0 heterocycles. The standard InChI is InChI=1S/C10H18N2O4/c1-3-6-12(8-9(13)14)10(15)11-5-4-7-16-2/h3H,1,4-8H2,2H3,(H,11,15)(H,13,14). The van der Waals surface area contributed by atoms with Gasteiger partial charge in [0.25, 0.3) is 0 Å². The number of nitrogens with zero attached hydrogens (tertiary/aromatic N) is 1. The Bertz CT molecular complexity index is 243. The summed E-state index contributed by atoms with van der Waals surface area (Å²) in [6.45, 7) is 4.36. The predicted octanol–water partition coefficient (Wildman–Crippen LogP) is 0.305. The average molecular weight is 230 g/mol. The second-order valence-corrected chi connectivity index (χ2v) is 3.14. The first-order valence-electron chi connectivity index (χ1n) is 4.96. The van der Waals surface area contributed by atoms with Crippen LogP contribution >= 0.6 is 0 Å². The molecule has 16 heavy (non-hydrogen) atoms. The Morgan fingerprint density at radius 3 is 2.75 bits per heavy atom. The van der Waals surface area contributed by atoms with E-state index < -0.39 is 12.0 Å². The molecule has 0 aliphatic heterocycles. The quantitative estimate of drug-likeness (QED) is 0.464. The number of amides is 2. The van der Waals surface area contributed by atoms with Gasteiger partial charge in [-0.25, -0.2) is 4.79 Å². The van der Waals surface area contributed by atoms with E-state index >= 15 is 0 Å². The summed E-state index contributed by atoms with van der Waals surface area (Å²) in [5, 5.41) is 11.2. The molecule has 0 unspecified atom stereocenters. The molecular formula is C10H18N2O4. The number of carbonyl (C=O) groups excluding carboxylic acids is 1. The maximum absolute atomic E-state index is 11.5. The highest BCUT2D eigenvalue weighted by molar-refractivity contribution is 5.80. The van der Waals surface area contributed by atoms with Crippen LogP contribution in [0.5, 0.6) is 0 Å². The van der Waals surface area contributed by atoms with Crippen LogP contribution in [0.2, 0.25) is 0 Å². The molecule has 0 aromatic carbocycles. The molecule has 0 spiro atoms. The molecule has 0 radical (unpaired) electrons. The van der Waals surface area contributed by atoms with E-state index in [4.69, 9.17) is 9.84 Å². The third-order valence-electron chi connectivity index (χ3n) is 1.76. The minimum atomic E-state index is -1.05. The van der Waals surface area contributed by atoms with E-state index in [-0.39, 0.29) is 13.1 Å². The molecule has 6 heteroatoms. The van der Waals surface area contributed by atoms with Gasteiger partial charge in [0.05, 0.1) is 0 Å². The van der Waals surface area contributed by atoms with Crippen LogP contribution in [0.3, 0.4) is 0 Å². The summed E-state index contributed by atoms with van der Waals surface area (Å²) >= 11 is 0. The first-order chi connectivity index (χ1) is 7.61. The smallest absolute Gasteiger partial charge is 0.323 e. The van der Waals surface area contributed by atoms with Gasteiger partial charge < -0.3 is 20.1 Å². The molecule has 0 aromatic heterocycles. The van der Waals surface area contributed by atoms with Gasteiger partial charge in [-0.05, 0) is 6.42 Å². The number of urea groups is 1. The maximum atomic E-state index is 11.5. The van der Waals surface area contributed by atoms with Crippen LogP contribution in [0.25, 0.3) is 0 Å². The Morgan fingerprint density at radius 2 is 2.25 bits per heavy atom. The van der Waals surface area contributed by atoms with Crippen molar-refractivity contribution >= 4 is 12.0 Å². The Morgan fingerprint density at radius 1 is 1.56 bits per heavy atom. The van der Waals surface area contributed by atoms with E-state index in [1.54, 1.807) is 7.11 Å². The fraction of sp³-hybridized carbons (Fsp3) is 0.600. The van der Waals surface area contributed by atoms with Crippen LogP contribution in [0, 0.1) is 0 Å². The molecule has 0 saturated heterocycles. The van der Waals surface area contributed by atoms with Crippen molar-refractivity contribution in [3.05, 3.63) is 12.7 Å². The highest BCUT2D eigenvalue weighted by Crippen LogP contribution is 1.91. The number of hydrogen-bond donors (Lipinski definition) is 2. The highest BCUT2D eigenvalue weighted by atomic mass is 16.5. The van der Waals surface area contributed by atoms with E-state index in [1.165, 1.54) is 11.0 Å². The molecule has 0 bridgehead atoms. The van der Waals surface area contributed by atoms with E-state index in [0.29, 0.717) is 19.6 Å². The van der Waals surface area contributed by atoms with Crippen LogP contribution in [-0.2, 0) is 9.53 Å². The first-order valence-corrected chi connectivity index (χ1v) is 4.96. The van der Waals surface area contributed by atoms with Crippen molar-refractivity contribution < 1.29 is 19.4 Å². The van der Waals surface area contributed by atoms with Gasteiger partial charge >= 0.3 is 12.0 Å². The fourth-order valence-corrected chi connectivity index (χ4v) is 1.06. The van der Waals surface area contributed by atoms with Crippen molar-refractivity contribution in [1.29, 1.82) is 0 Å². The Hall–Kier alpha value is -1.56. The van der Waals surface area contributed by atoms with Gasteiger partial charge in [-0.2, -0.15) is 0 Å². The zero-order valence-electron chi connectivity index (χ0n) is 9.44. The summed E-state index contributed by atoms with van der Waals surface area (Å²) in [6.07, 6.45) is 2.18. The van der Waals surface area contributed by atoms with Gasteiger partial charge in [-0.1, -0.05) is 6.08 Å². The fourth-order valence-electron chi connectivity index (χ4n) is 1.06. The second kappa shape index (κ2) is 8.72. The molecule has 92 valence electrons. The summed E-state index contributed by atoms with van der Waals surface area (Å²) < 4.78 is 4.82. The number of hydrogen-bond acceptors (Lipinski definition) is 3. The van der Waals surface area contributed by atoms with E-state index in [2.05, 4.69) is 11.9 Å². The lowest BCUT2D eigenvalue weighted by Crippen LogP contribution is -2.43. The predicted molar refractivity (Wildman–Crippen MR) is 59.3 cm³/mol. The Labute approximate surface area is 94.9 Å². The lowest BCUT2D eigenvalue weighted by Gasteiger charge is -2.19. The molecule has 0 fully saturated rings. The summed E-state index contributed by atoms with van der Waals surface area (Å²) in [6, 6.07) is -0.404. The van der Waals surface area contributed by atoms with Crippen LogP contribution in [0.15, 0.2) is 12.7 Å². The maximum Gasteiger partial charge on any atom is 0.323 e. The summed E-state index contributed by atoms with van der Waals surface area (Å²) in [5.41, 5.74) is 0. The van der Waals surface area contributed by atoms with Gasteiger partial charge in [0.2, 0.25) is 0 Å². The average Bonchev–Trinajstić information content (AvgIpc) is 2.23. The van der Waals surface area contributed by atoms with Gasteiger partial charge in [0, 0.05) is 26.8 Å². The number of carboxylic acid groups (broad SMARTS) is 1. The van der Waals surface area contributed by atoms with Gasteiger partial charge in [-0.3, -0.25) is 4.79 Å². The monoisotopic (exact) mass is 230 g/mol. The van der Waals surface area contributed by atoms with Crippen molar-refractivity contribution in [1.82, 2.24) is 10.2 Å². The van der Waals surface area contributed by atoms with E-state index in [0.717, 1.165) is 0 Å². The molecule has 0 aromatic rings. The lowest BCUT2D eigenvalue weighted by atomic mass is 10.4. The van der Waals surface area contributed by atoms with Crippen LogP contribution in [-0.4, -0.2) is 55.4 Å². The number of methoxy groups -OCH3 is 1. The zero-order chi connectivity index (χ0) is 12.4. The number of aliphatic carboxylic acids is 1. The molecule has 2 N–H and O–H groups in total. The number of carboxylic acids is 1. The normalized spacial score (nSPS) is 9.56. The highest BCUT2D eigenvalue weighted by Gasteiger charge is 2.14. The minimum absolute atomic E-state index is 0.211. The molecular weight excluding hydrogens is 212 g/mol. The van der Waals surface area contributed by atoms with Crippen LogP contribution in [0.4, 0.5) is 4.79 Å². The Balaban J connectivity index is 3.96. The SMILES string of the molecule is C=CCN(CC(=O)O)C(=O)NCCCOC. The number of ether oxygens (including phenoxy) is 1. The molecule has 0 atom stereocenters. The van der Waals surface area contributed by atoms with Crippen molar-refractivity contribution in [2.24, 2.45) is 0 Å². The Kier molecular flexibility index (Phi) is 7.87. The second-order valence-electron chi connectivity index (χ2n) is 3.14. The van der Waals surface area contributed by atoms with Gasteiger partial charge in [0.1, 0.15) is 6.54 Å². The number of rotatable bonds is 8. The lowest BCUT2D eigenvalue weighted by molar-refractivity contribution is -0.137. The minimum Gasteiger partial charge on any atom is -0.480 e. The van der Waals surface area contributed by atoms with E-state index in [9.17, 15) is 9.59 Å². The van der Waals surface area contributed by atoms with Gasteiger partial charge in [0.15, 0.2) is 0 Å². The topological polar surface area (TPSA) is 78.9 Å². The number of nitrogens with one attached hydrogen (secondary N) is 1. The summed E-state index contributed by atoms with van der Waals surface area (Å²) in [5.74, 6) is -1.05. The van der Waals surface area contributed by atoms with Crippen LogP contribution in [0.1, 0.15) is 6.42 Å². The zero-order valence-corrected chi connectivity index (χ0v) is 9.44. The van der Waals surface area contributed by atoms with Crippen LogP contribution < -0.4 is 5.32 Å². The first kappa shape index (κ1) is 14.4. The third kappa shape index (κ3) is 6.83. The van der Waals surface area contributed by atoms with E-state index in [1.807, 2.05) is 0 Å². The molecule has 2 amide bonds. The molecule has 0 aliphatic rings. The third-order valence-corrected chi connectivity index (χ3v) is 1.76. The largest absolute Gasteiger partial charge is 0.480 e. The van der Waals surface area contributed by atoms with Crippen molar-refractivity contribution in [2.75, 3.05) is 33.4 Å². The molecule has 0 aliphatic carbocycles. The number of carbonyl (C=O) groups is 2. The van der Waals surface area contributed by atoms with Gasteiger partial charge in [-0.15, -0.1) is 6.58 Å². The molecule has 6 nitrogen and oxygen atoms in total. The molecule has 0 rings (SSSR count). The van der Waals surface area contributed by atoms with Crippen molar-refractivity contribution in [3.8, 4) is 0 Å².